The average molecular weight is 294 g/mol. The van der Waals surface area contributed by atoms with Gasteiger partial charge in [0.05, 0.1) is 5.01 Å². The molecule has 106 valence electrons. The molecule has 0 fully saturated rings. The first-order valence-electron chi connectivity index (χ1n) is 6.12. The molecule has 0 aromatic carbocycles. The normalized spacial score (nSPS) is 10.4. The minimum absolute atomic E-state index is 0.0448. The number of aromatic nitrogens is 1. The molecular weight excluding hydrogens is 280 g/mol. The minimum Gasteiger partial charge on any atom is -0.475 e. The van der Waals surface area contributed by atoms with Crippen LogP contribution in [0.3, 0.4) is 0 Å². The Morgan fingerprint density at radius 2 is 2.15 bits per heavy atom. The molecule has 0 saturated heterocycles. The molecule has 0 atom stereocenters. The van der Waals surface area contributed by atoms with E-state index in [1.54, 1.807) is 22.4 Å². The van der Waals surface area contributed by atoms with Crippen molar-refractivity contribution in [3.05, 3.63) is 40.2 Å². The van der Waals surface area contributed by atoms with Gasteiger partial charge in [-0.05, 0) is 19.1 Å². The summed E-state index contributed by atoms with van der Waals surface area (Å²) in [4.78, 5) is 28.7. The van der Waals surface area contributed by atoms with Gasteiger partial charge in [-0.15, -0.1) is 11.3 Å². The van der Waals surface area contributed by atoms with Gasteiger partial charge in [0.1, 0.15) is 0 Å². The van der Waals surface area contributed by atoms with Crippen LogP contribution >= 0.6 is 11.3 Å². The molecule has 6 nitrogen and oxygen atoms in total. The number of rotatable bonds is 6. The molecule has 0 spiro atoms. The second-order valence-electron chi connectivity index (χ2n) is 4.03. The van der Waals surface area contributed by atoms with E-state index >= 15 is 0 Å². The van der Waals surface area contributed by atoms with E-state index in [9.17, 15) is 9.59 Å². The van der Waals surface area contributed by atoms with Gasteiger partial charge in [-0.25, -0.2) is 9.78 Å². The zero-order valence-electron chi connectivity index (χ0n) is 10.9. The standard InChI is InChI=1S/C13H14N2O4S/c1-2-15(7-5-11-14-6-8-20-11)12(16)9-3-4-10(19-9)13(17)18/h3-4,6,8H,2,5,7H2,1H3,(H,17,18). The predicted octanol–water partition coefficient (Wildman–Crippen LogP) is 2.14. The lowest BCUT2D eigenvalue weighted by molar-refractivity contribution is 0.0651. The molecule has 20 heavy (non-hydrogen) atoms. The molecule has 0 aliphatic carbocycles. The quantitative estimate of drug-likeness (QED) is 0.882. The molecule has 1 amide bonds. The van der Waals surface area contributed by atoms with Gasteiger partial charge in [0.25, 0.3) is 5.91 Å². The third-order valence-corrected chi connectivity index (χ3v) is 3.61. The molecule has 2 rings (SSSR count). The van der Waals surface area contributed by atoms with E-state index in [1.807, 2.05) is 12.3 Å². The lowest BCUT2D eigenvalue weighted by Gasteiger charge is -2.18. The fourth-order valence-corrected chi connectivity index (χ4v) is 2.34. The van der Waals surface area contributed by atoms with Crippen LogP contribution in [0.5, 0.6) is 0 Å². The Hall–Kier alpha value is -2.15. The van der Waals surface area contributed by atoms with Gasteiger partial charge in [0.15, 0.2) is 5.76 Å². The largest absolute Gasteiger partial charge is 0.475 e. The Morgan fingerprint density at radius 3 is 2.70 bits per heavy atom. The molecule has 1 N–H and O–H groups in total. The molecule has 7 heteroatoms. The first-order valence-corrected chi connectivity index (χ1v) is 7.00. The van der Waals surface area contributed by atoms with Crippen molar-refractivity contribution < 1.29 is 19.1 Å². The molecule has 2 heterocycles. The van der Waals surface area contributed by atoms with E-state index in [0.717, 1.165) is 5.01 Å². The maximum Gasteiger partial charge on any atom is 0.371 e. The molecular formula is C13H14N2O4S. The maximum atomic E-state index is 12.2. The molecule has 0 saturated carbocycles. The molecule has 0 unspecified atom stereocenters. The maximum absolute atomic E-state index is 12.2. The third-order valence-electron chi connectivity index (χ3n) is 2.78. The Labute approximate surface area is 119 Å². The van der Waals surface area contributed by atoms with Crippen molar-refractivity contribution in [2.45, 2.75) is 13.3 Å². The van der Waals surface area contributed by atoms with Crippen LogP contribution in [0.15, 0.2) is 28.1 Å². The zero-order valence-corrected chi connectivity index (χ0v) is 11.7. The lowest BCUT2D eigenvalue weighted by atomic mass is 10.3. The molecule has 0 bridgehead atoms. The van der Waals surface area contributed by atoms with Gasteiger partial charge < -0.3 is 14.4 Å². The number of carboxylic acids is 1. The smallest absolute Gasteiger partial charge is 0.371 e. The highest BCUT2D eigenvalue weighted by Crippen LogP contribution is 2.12. The SMILES string of the molecule is CCN(CCc1nccs1)C(=O)c1ccc(C(=O)O)o1. The van der Waals surface area contributed by atoms with Crippen LogP contribution in [0.1, 0.15) is 33.0 Å². The van der Waals surface area contributed by atoms with Crippen LogP contribution in [0.25, 0.3) is 0 Å². The van der Waals surface area contributed by atoms with Crippen molar-refractivity contribution in [2.24, 2.45) is 0 Å². The predicted molar refractivity (Wildman–Crippen MR) is 73.1 cm³/mol. The summed E-state index contributed by atoms with van der Waals surface area (Å²) < 4.78 is 5.02. The zero-order chi connectivity index (χ0) is 14.5. The van der Waals surface area contributed by atoms with Crippen molar-refractivity contribution in [1.82, 2.24) is 9.88 Å². The van der Waals surface area contributed by atoms with Gasteiger partial charge >= 0.3 is 5.97 Å². The number of hydrogen-bond donors (Lipinski definition) is 1. The topological polar surface area (TPSA) is 83.6 Å². The molecule has 0 aliphatic heterocycles. The minimum atomic E-state index is -1.19. The summed E-state index contributed by atoms with van der Waals surface area (Å²) in [6.07, 6.45) is 2.40. The Balaban J connectivity index is 2.02. The number of nitrogens with zero attached hydrogens (tertiary/aromatic N) is 2. The van der Waals surface area contributed by atoms with E-state index < -0.39 is 5.97 Å². The molecule has 2 aromatic rings. The highest BCUT2D eigenvalue weighted by molar-refractivity contribution is 7.09. The first kappa shape index (κ1) is 14.3. The van der Waals surface area contributed by atoms with Crippen molar-refractivity contribution in [3.63, 3.8) is 0 Å². The number of carboxylic acid groups (broad SMARTS) is 1. The van der Waals surface area contributed by atoms with Crippen molar-refractivity contribution in [3.8, 4) is 0 Å². The second-order valence-corrected chi connectivity index (χ2v) is 5.01. The van der Waals surface area contributed by atoms with Gasteiger partial charge in [-0.1, -0.05) is 0 Å². The number of aromatic carboxylic acids is 1. The van der Waals surface area contributed by atoms with Crippen LogP contribution in [-0.2, 0) is 6.42 Å². The van der Waals surface area contributed by atoms with Gasteiger partial charge in [0.2, 0.25) is 5.76 Å². The average Bonchev–Trinajstić information content (AvgIpc) is 3.10. The number of hydrogen-bond acceptors (Lipinski definition) is 5. The summed E-state index contributed by atoms with van der Waals surface area (Å²) in [5.74, 6) is -1.68. The van der Waals surface area contributed by atoms with Gasteiger partial charge in [-0.2, -0.15) is 0 Å². The fraction of sp³-hybridized carbons (Fsp3) is 0.308. The number of carbonyl (C=O) groups is 2. The molecule has 0 aliphatic rings. The lowest BCUT2D eigenvalue weighted by Crippen LogP contribution is -2.32. The number of likely N-dealkylation sites (N-methyl/N-ethyl adjacent to an activating group) is 1. The van der Waals surface area contributed by atoms with Crippen LogP contribution in [0, 0.1) is 0 Å². The van der Waals surface area contributed by atoms with E-state index in [0.29, 0.717) is 19.5 Å². The fourth-order valence-electron chi connectivity index (χ4n) is 1.73. The second kappa shape index (κ2) is 6.33. The van der Waals surface area contributed by atoms with E-state index in [-0.39, 0.29) is 17.4 Å². The Bertz CT molecular complexity index is 591. The monoisotopic (exact) mass is 294 g/mol. The van der Waals surface area contributed by atoms with Gasteiger partial charge in [0, 0.05) is 31.1 Å². The summed E-state index contributed by atoms with van der Waals surface area (Å²) in [6, 6.07) is 2.67. The molecule has 2 aromatic heterocycles. The van der Waals surface area contributed by atoms with Crippen LogP contribution in [-0.4, -0.2) is 40.0 Å². The van der Waals surface area contributed by atoms with Gasteiger partial charge in [-0.3, -0.25) is 4.79 Å². The number of amides is 1. The summed E-state index contributed by atoms with van der Waals surface area (Å²) in [6.45, 7) is 2.90. The van der Waals surface area contributed by atoms with Crippen LogP contribution in [0.2, 0.25) is 0 Å². The van der Waals surface area contributed by atoms with Crippen molar-refractivity contribution in [1.29, 1.82) is 0 Å². The summed E-state index contributed by atoms with van der Waals surface area (Å²) in [7, 11) is 0. The van der Waals surface area contributed by atoms with E-state index in [1.165, 1.54) is 12.1 Å². The van der Waals surface area contributed by atoms with Crippen molar-refractivity contribution >= 4 is 23.2 Å². The third kappa shape index (κ3) is 3.24. The van der Waals surface area contributed by atoms with Crippen molar-refractivity contribution in [2.75, 3.05) is 13.1 Å². The number of carbonyl (C=O) groups excluding carboxylic acids is 1. The number of furan rings is 1. The van der Waals surface area contributed by atoms with Crippen LogP contribution in [0.4, 0.5) is 0 Å². The summed E-state index contributed by atoms with van der Waals surface area (Å²) >= 11 is 1.54. The van der Waals surface area contributed by atoms with E-state index in [2.05, 4.69) is 4.98 Å². The Morgan fingerprint density at radius 1 is 1.40 bits per heavy atom. The van der Waals surface area contributed by atoms with E-state index in [4.69, 9.17) is 9.52 Å². The Kier molecular flexibility index (Phi) is 4.52. The highest BCUT2D eigenvalue weighted by atomic mass is 32.1. The highest BCUT2D eigenvalue weighted by Gasteiger charge is 2.20. The molecule has 0 radical (unpaired) electrons. The summed E-state index contributed by atoms with van der Waals surface area (Å²) in [5.41, 5.74) is 0. The summed E-state index contributed by atoms with van der Waals surface area (Å²) in [5, 5.41) is 11.6. The van der Waals surface area contributed by atoms with Crippen LogP contribution < -0.4 is 0 Å². The number of thiazole rings is 1. The first-order chi connectivity index (χ1) is 9.61.